The molecule has 0 N–H and O–H groups in total. The van der Waals surface area contributed by atoms with Crippen LogP contribution in [0.5, 0.6) is 0 Å². The molecule has 0 aliphatic carbocycles. The Morgan fingerprint density at radius 2 is 1.90 bits per heavy atom. The fourth-order valence-corrected chi connectivity index (χ4v) is 1.61. The number of nitriles is 1. The normalized spacial score (nSPS) is 9.14. The van der Waals surface area contributed by atoms with Crippen molar-refractivity contribution in [3.63, 3.8) is 0 Å². The summed E-state index contributed by atoms with van der Waals surface area (Å²) in [5.41, 5.74) is 1.60. The quantitative estimate of drug-likeness (QED) is 0.627. The smallest absolute Gasteiger partial charge is 0.385 e. The number of hydrogen-bond acceptors (Lipinski definition) is 3. The van der Waals surface area contributed by atoms with Crippen LogP contribution in [-0.2, 0) is 16.1 Å². The zero-order valence-electron chi connectivity index (χ0n) is 11.0. The van der Waals surface area contributed by atoms with E-state index < -0.39 is 11.8 Å². The van der Waals surface area contributed by atoms with Crippen LogP contribution in [0, 0.1) is 29.0 Å². The third-order valence-corrected chi connectivity index (χ3v) is 2.56. The van der Waals surface area contributed by atoms with Gasteiger partial charge in [0, 0.05) is 11.5 Å². The molecule has 2 aromatic carbocycles. The summed E-state index contributed by atoms with van der Waals surface area (Å²) in [4.78, 5) is 11.5. The van der Waals surface area contributed by atoms with E-state index in [1.54, 1.807) is 30.3 Å². The molecule has 2 rings (SSSR count). The molecule has 0 saturated heterocycles. The summed E-state index contributed by atoms with van der Waals surface area (Å²) < 4.78 is 17.9. The van der Waals surface area contributed by atoms with Gasteiger partial charge in [0.25, 0.3) is 0 Å². The minimum Gasteiger partial charge on any atom is -0.451 e. The number of ether oxygens (including phenoxy) is 1. The summed E-state index contributed by atoms with van der Waals surface area (Å²) in [6.07, 6.45) is 0. The highest BCUT2D eigenvalue weighted by Crippen LogP contribution is 2.06. The number of benzene rings is 2. The summed E-state index contributed by atoms with van der Waals surface area (Å²) in [5, 5.41) is 8.76. The molecule has 21 heavy (non-hydrogen) atoms. The lowest BCUT2D eigenvalue weighted by Gasteiger charge is -2.01. The van der Waals surface area contributed by atoms with Gasteiger partial charge in [-0.1, -0.05) is 24.1 Å². The number of rotatable bonds is 2. The largest absolute Gasteiger partial charge is 0.451 e. The number of carbonyl (C=O) groups is 1. The van der Waals surface area contributed by atoms with Crippen LogP contribution in [0.25, 0.3) is 0 Å². The van der Waals surface area contributed by atoms with Crippen LogP contribution in [-0.4, -0.2) is 5.97 Å². The first-order valence-electron chi connectivity index (χ1n) is 6.11. The van der Waals surface area contributed by atoms with E-state index in [0.717, 1.165) is 0 Å². The van der Waals surface area contributed by atoms with Gasteiger partial charge in [-0.15, -0.1) is 0 Å². The van der Waals surface area contributed by atoms with Crippen LogP contribution >= 0.6 is 0 Å². The Morgan fingerprint density at radius 1 is 1.14 bits per heavy atom. The van der Waals surface area contributed by atoms with Crippen molar-refractivity contribution >= 4 is 5.97 Å². The summed E-state index contributed by atoms with van der Waals surface area (Å²) in [6.45, 7) is 0.0339. The molecule has 0 amide bonds. The van der Waals surface area contributed by atoms with Crippen molar-refractivity contribution in [3.05, 3.63) is 71.0 Å². The Morgan fingerprint density at radius 3 is 2.67 bits per heavy atom. The van der Waals surface area contributed by atoms with Gasteiger partial charge >= 0.3 is 5.97 Å². The molecule has 0 aromatic heterocycles. The molecular weight excluding hydrogens is 269 g/mol. The van der Waals surface area contributed by atoms with Gasteiger partial charge in [-0.25, -0.2) is 9.18 Å². The van der Waals surface area contributed by atoms with Crippen LogP contribution in [0.15, 0.2) is 48.5 Å². The van der Waals surface area contributed by atoms with Crippen molar-refractivity contribution in [3.8, 4) is 17.9 Å². The van der Waals surface area contributed by atoms with E-state index in [1.165, 1.54) is 18.2 Å². The Balaban J connectivity index is 1.95. The number of halogens is 1. The second-order valence-corrected chi connectivity index (χ2v) is 4.15. The zero-order chi connectivity index (χ0) is 15.1. The molecule has 0 spiro atoms. The first-order chi connectivity index (χ1) is 10.2. The van der Waals surface area contributed by atoms with Crippen molar-refractivity contribution in [1.29, 1.82) is 5.26 Å². The van der Waals surface area contributed by atoms with Gasteiger partial charge in [0.1, 0.15) is 12.4 Å². The fourth-order valence-electron chi connectivity index (χ4n) is 1.61. The Hall–Kier alpha value is -3.11. The maximum absolute atomic E-state index is 12.9. The van der Waals surface area contributed by atoms with Gasteiger partial charge in [-0.3, -0.25) is 0 Å². The number of hydrogen-bond donors (Lipinski definition) is 0. The molecule has 0 radical (unpaired) electrons. The van der Waals surface area contributed by atoms with Crippen LogP contribution in [0.1, 0.15) is 16.7 Å². The second-order valence-electron chi connectivity index (χ2n) is 4.15. The van der Waals surface area contributed by atoms with Gasteiger partial charge in [0.2, 0.25) is 0 Å². The average molecular weight is 279 g/mol. The van der Waals surface area contributed by atoms with E-state index in [-0.39, 0.29) is 6.61 Å². The molecule has 3 nitrogen and oxygen atoms in total. The Kier molecular flexibility index (Phi) is 4.69. The summed E-state index contributed by atoms with van der Waals surface area (Å²) in [6, 6.07) is 14.4. The van der Waals surface area contributed by atoms with E-state index in [1.807, 2.05) is 6.07 Å². The maximum atomic E-state index is 12.9. The van der Waals surface area contributed by atoms with Crippen LogP contribution in [0.4, 0.5) is 4.39 Å². The highest BCUT2D eigenvalue weighted by molar-refractivity contribution is 5.89. The molecule has 0 heterocycles. The molecule has 0 aliphatic heterocycles. The Labute approximate surface area is 121 Å². The summed E-state index contributed by atoms with van der Waals surface area (Å²) in [7, 11) is 0. The van der Waals surface area contributed by atoms with Crippen molar-refractivity contribution in [2.24, 2.45) is 0 Å². The molecule has 0 bridgehead atoms. The van der Waals surface area contributed by atoms with Crippen molar-refractivity contribution < 1.29 is 13.9 Å². The summed E-state index contributed by atoms with van der Waals surface area (Å²) >= 11 is 0. The number of esters is 1. The van der Waals surface area contributed by atoms with E-state index in [0.29, 0.717) is 16.7 Å². The summed E-state index contributed by atoms with van der Waals surface area (Å²) in [5.74, 6) is 3.69. The topological polar surface area (TPSA) is 50.1 Å². The lowest BCUT2D eigenvalue weighted by atomic mass is 10.1. The van der Waals surface area contributed by atoms with Gasteiger partial charge in [-0.05, 0) is 35.9 Å². The van der Waals surface area contributed by atoms with Gasteiger partial charge in [0.15, 0.2) is 0 Å². The Bertz CT molecular complexity index is 766. The van der Waals surface area contributed by atoms with Gasteiger partial charge < -0.3 is 4.74 Å². The predicted octanol–water partition coefficient (Wildman–Crippen LogP) is 2.79. The fraction of sp³-hybridized carbons (Fsp3) is 0.0588. The maximum Gasteiger partial charge on any atom is 0.385 e. The minimum atomic E-state index is -0.707. The molecule has 102 valence electrons. The van der Waals surface area contributed by atoms with E-state index in [2.05, 4.69) is 11.8 Å². The molecule has 0 unspecified atom stereocenters. The molecule has 0 aliphatic rings. The minimum absolute atomic E-state index is 0.0339. The monoisotopic (exact) mass is 279 g/mol. The predicted molar refractivity (Wildman–Crippen MR) is 74.2 cm³/mol. The number of nitrogens with zero attached hydrogens (tertiary/aromatic N) is 1. The molecule has 4 heteroatoms. The van der Waals surface area contributed by atoms with Crippen LogP contribution in [0.3, 0.4) is 0 Å². The third-order valence-electron chi connectivity index (χ3n) is 2.56. The SMILES string of the molecule is N#Cc1cccc(COC(=O)C#Cc2cccc(F)c2)c1. The zero-order valence-corrected chi connectivity index (χ0v) is 11.0. The van der Waals surface area contributed by atoms with Crippen LogP contribution in [0.2, 0.25) is 0 Å². The average Bonchev–Trinajstić information content (AvgIpc) is 2.51. The first kappa shape index (κ1) is 14.3. The van der Waals surface area contributed by atoms with Crippen molar-refractivity contribution in [2.75, 3.05) is 0 Å². The second kappa shape index (κ2) is 6.88. The van der Waals surface area contributed by atoms with Crippen molar-refractivity contribution in [2.45, 2.75) is 6.61 Å². The van der Waals surface area contributed by atoms with E-state index in [9.17, 15) is 9.18 Å². The van der Waals surface area contributed by atoms with Gasteiger partial charge in [0.05, 0.1) is 11.6 Å². The van der Waals surface area contributed by atoms with Crippen LogP contribution < -0.4 is 0 Å². The third kappa shape index (κ3) is 4.49. The highest BCUT2D eigenvalue weighted by atomic mass is 19.1. The lowest BCUT2D eigenvalue weighted by molar-refractivity contribution is -0.137. The lowest BCUT2D eigenvalue weighted by Crippen LogP contribution is -2.01. The van der Waals surface area contributed by atoms with E-state index in [4.69, 9.17) is 10.00 Å². The molecule has 0 atom stereocenters. The van der Waals surface area contributed by atoms with E-state index >= 15 is 0 Å². The van der Waals surface area contributed by atoms with Gasteiger partial charge in [-0.2, -0.15) is 5.26 Å². The number of carbonyl (C=O) groups excluding carboxylic acids is 1. The molecular formula is C17H10FNO2. The van der Waals surface area contributed by atoms with Crippen molar-refractivity contribution in [1.82, 2.24) is 0 Å². The first-order valence-corrected chi connectivity index (χ1v) is 6.11. The molecule has 0 fully saturated rings. The standard InChI is InChI=1S/C17H10FNO2/c18-16-6-2-3-13(10-16)7-8-17(20)21-12-15-5-1-4-14(9-15)11-19/h1-6,9-10H,12H2. The molecule has 2 aromatic rings. The highest BCUT2D eigenvalue weighted by Gasteiger charge is 2.00. The molecule has 0 saturated carbocycles.